The van der Waals surface area contributed by atoms with Gasteiger partial charge in [0.1, 0.15) is 11.5 Å². The predicted molar refractivity (Wildman–Crippen MR) is 137 cm³/mol. The Morgan fingerprint density at radius 2 is 1.70 bits per heavy atom. The number of quaternary nitrogens is 1. The van der Waals surface area contributed by atoms with Crippen molar-refractivity contribution in [1.29, 1.82) is 0 Å². The predicted octanol–water partition coefficient (Wildman–Crippen LogP) is 5.66. The third-order valence-electron chi connectivity index (χ3n) is 6.85. The second-order valence-electron chi connectivity index (χ2n) is 9.53. The molecule has 0 fully saturated rings. The third-order valence-corrected chi connectivity index (χ3v) is 6.85. The Balaban J connectivity index is 1.57. The summed E-state index contributed by atoms with van der Waals surface area (Å²) in [5, 5.41) is 0. The van der Waals surface area contributed by atoms with Crippen molar-refractivity contribution in [2.45, 2.75) is 38.1 Å². The van der Waals surface area contributed by atoms with Gasteiger partial charge in [0.25, 0.3) is 0 Å². The number of aryl methyl sites for hydroxylation is 1. The lowest BCUT2D eigenvalue weighted by atomic mass is 9.94. The highest BCUT2D eigenvalue weighted by Crippen LogP contribution is 2.24. The number of benzene rings is 2. The highest BCUT2D eigenvalue weighted by molar-refractivity contribution is 5.27. The fraction of sp³-hybridized carbons (Fsp3) is 0.448. The topological polar surface area (TPSA) is 44.5 Å². The van der Waals surface area contributed by atoms with Gasteiger partial charge in [0.2, 0.25) is 0 Å². The summed E-state index contributed by atoms with van der Waals surface area (Å²) >= 11 is 0. The molecule has 2 aromatic carbocycles. The van der Waals surface area contributed by atoms with Gasteiger partial charge < -0.3 is 19.7 Å². The number of nitrogens with zero attached hydrogens (tertiary/aromatic N) is 1. The number of ether oxygens (including phenoxy) is 2. The summed E-state index contributed by atoms with van der Waals surface area (Å²) in [5.74, 6) is 2.51. The molecule has 0 aromatic heterocycles. The van der Waals surface area contributed by atoms with Gasteiger partial charge in [0.05, 0.1) is 46.9 Å². The molecule has 1 aliphatic carbocycles. The molecule has 3 unspecified atom stereocenters. The van der Waals surface area contributed by atoms with E-state index in [1.54, 1.807) is 14.2 Å². The van der Waals surface area contributed by atoms with Gasteiger partial charge >= 0.3 is 0 Å². The smallest absolute Gasteiger partial charge is 0.118 e. The van der Waals surface area contributed by atoms with Crippen LogP contribution in [-0.2, 0) is 11.2 Å². The first-order valence-electron chi connectivity index (χ1n) is 12.2. The van der Waals surface area contributed by atoms with E-state index in [0.29, 0.717) is 5.92 Å². The van der Waals surface area contributed by atoms with E-state index in [-0.39, 0.29) is 6.04 Å². The summed E-state index contributed by atoms with van der Waals surface area (Å²) in [4.78, 5) is 0. The van der Waals surface area contributed by atoms with E-state index in [1.165, 1.54) is 24.0 Å². The maximum absolute atomic E-state index is 6.68. The largest absolute Gasteiger partial charge is 0.497 e. The molecule has 0 amide bonds. The van der Waals surface area contributed by atoms with Gasteiger partial charge in [-0.05, 0) is 67.0 Å². The van der Waals surface area contributed by atoms with Crippen LogP contribution in [-0.4, -0.2) is 45.4 Å². The second kappa shape index (κ2) is 12.6. The minimum atomic E-state index is 0.0546. The van der Waals surface area contributed by atoms with Crippen LogP contribution in [0, 0.1) is 5.92 Å². The maximum atomic E-state index is 6.68. The van der Waals surface area contributed by atoms with Crippen LogP contribution in [0.4, 0.5) is 0 Å². The first-order valence-corrected chi connectivity index (χ1v) is 12.2. The molecule has 33 heavy (non-hydrogen) atoms. The first-order chi connectivity index (χ1) is 16.0. The van der Waals surface area contributed by atoms with E-state index < -0.39 is 0 Å². The minimum Gasteiger partial charge on any atom is -0.497 e. The molecule has 0 radical (unpaired) electrons. The van der Waals surface area contributed by atoms with Crippen molar-refractivity contribution < 1.29 is 14.0 Å². The van der Waals surface area contributed by atoms with Crippen LogP contribution in [0.2, 0.25) is 0 Å². The zero-order valence-corrected chi connectivity index (χ0v) is 20.6. The lowest BCUT2D eigenvalue weighted by Crippen LogP contribution is -2.49. The van der Waals surface area contributed by atoms with Crippen molar-refractivity contribution >= 4 is 0 Å². The van der Waals surface area contributed by atoms with Gasteiger partial charge in [-0.15, -0.1) is 0 Å². The van der Waals surface area contributed by atoms with Crippen LogP contribution in [0.25, 0.3) is 0 Å². The summed E-state index contributed by atoms with van der Waals surface area (Å²) in [7, 11) is 5.83. The molecule has 0 bridgehead atoms. The van der Waals surface area contributed by atoms with E-state index in [2.05, 4.69) is 79.9 Å². The molecule has 1 aliphatic rings. The lowest BCUT2D eigenvalue weighted by Gasteiger charge is -2.37. The van der Waals surface area contributed by atoms with Gasteiger partial charge in [0, 0.05) is 6.42 Å². The molecule has 0 aliphatic heterocycles. The molecule has 2 N–H and O–H groups in total. The summed E-state index contributed by atoms with van der Waals surface area (Å²) in [6.07, 6.45) is 12.3. The summed E-state index contributed by atoms with van der Waals surface area (Å²) in [6.45, 7) is 3.23. The number of likely N-dealkylation sites (N-methyl/N-ethyl adjacent to an activating group) is 1. The quantitative estimate of drug-likeness (QED) is 0.401. The summed E-state index contributed by atoms with van der Waals surface area (Å²) in [6, 6.07) is 19.0. The van der Waals surface area contributed by atoms with E-state index in [0.717, 1.165) is 54.9 Å². The minimum absolute atomic E-state index is 0.0546. The Morgan fingerprint density at radius 3 is 2.33 bits per heavy atom. The van der Waals surface area contributed by atoms with Crippen molar-refractivity contribution in [3.8, 4) is 5.75 Å². The van der Waals surface area contributed by atoms with Crippen molar-refractivity contribution in [2.24, 2.45) is 11.7 Å². The fourth-order valence-corrected chi connectivity index (χ4v) is 4.78. The van der Waals surface area contributed by atoms with E-state index in [9.17, 15) is 0 Å². The van der Waals surface area contributed by atoms with Gasteiger partial charge in [-0.2, -0.15) is 0 Å². The zero-order valence-electron chi connectivity index (χ0n) is 20.6. The van der Waals surface area contributed by atoms with Crippen LogP contribution in [0.5, 0.6) is 5.75 Å². The summed E-state index contributed by atoms with van der Waals surface area (Å²) < 4.78 is 11.6. The Labute approximate surface area is 200 Å². The standard InChI is InChI=1S/C29H41N2O2/c1-31(23-29(30)26-11-5-4-6-12-26,21-7-9-24-13-17-27(32-2)18-14-24)22-8-10-25-15-19-28(33-3)20-16-25/h4-6,11-15,17-20,25,29H,7-10,16,21-23,30H2,1-3H3/q+1. The molecule has 4 heteroatoms. The molecule has 178 valence electrons. The Morgan fingerprint density at radius 1 is 0.970 bits per heavy atom. The van der Waals surface area contributed by atoms with Gasteiger partial charge in [-0.1, -0.05) is 48.5 Å². The number of hydrogen-bond donors (Lipinski definition) is 1. The number of allylic oxidation sites excluding steroid dienone is 3. The Hall–Kier alpha value is -2.56. The fourth-order valence-electron chi connectivity index (χ4n) is 4.78. The molecule has 4 nitrogen and oxygen atoms in total. The zero-order chi connectivity index (χ0) is 23.5. The molecule has 0 heterocycles. The van der Waals surface area contributed by atoms with Crippen LogP contribution >= 0.6 is 0 Å². The highest BCUT2D eigenvalue weighted by atomic mass is 16.5. The van der Waals surface area contributed by atoms with Gasteiger partial charge in [-0.3, -0.25) is 0 Å². The van der Waals surface area contributed by atoms with Gasteiger partial charge in [0.15, 0.2) is 0 Å². The normalized spacial score (nSPS) is 18.3. The average molecular weight is 450 g/mol. The monoisotopic (exact) mass is 449 g/mol. The SMILES string of the molecule is COC1=CCC(CCC[N+](C)(CCCc2ccc(OC)cc2)CC(N)c2ccccc2)C=C1. The average Bonchev–Trinajstić information content (AvgIpc) is 2.85. The molecule has 2 aromatic rings. The summed E-state index contributed by atoms with van der Waals surface area (Å²) in [5.41, 5.74) is 9.27. The number of rotatable bonds is 13. The molecular weight excluding hydrogens is 408 g/mol. The van der Waals surface area contributed by atoms with Crippen LogP contribution in [0.15, 0.2) is 78.6 Å². The molecule has 3 atom stereocenters. The molecule has 0 spiro atoms. The number of methoxy groups -OCH3 is 2. The maximum Gasteiger partial charge on any atom is 0.118 e. The highest BCUT2D eigenvalue weighted by Gasteiger charge is 2.25. The lowest BCUT2D eigenvalue weighted by molar-refractivity contribution is -0.911. The second-order valence-corrected chi connectivity index (χ2v) is 9.53. The Kier molecular flexibility index (Phi) is 9.59. The van der Waals surface area contributed by atoms with E-state index in [4.69, 9.17) is 15.2 Å². The molecule has 0 saturated heterocycles. The van der Waals surface area contributed by atoms with Crippen molar-refractivity contribution in [2.75, 3.05) is 40.9 Å². The van der Waals surface area contributed by atoms with Crippen LogP contribution in [0.1, 0.15) is 42.9 Å². The van der Waals surface area contributed by atoms with Gasteiger partial charge in [-0.25, -0.2) is 0 Å². The first kappa shape index (κ1) is 25.1. The number of hydrogen-bond acceptors (Lipinski definition) is 3. The van der Waals surface area contributed by atoms with E-state index >= 15 is 0 Å². The molecular formula is C29H41N2O2+. The van der Waals surface area contributed by atoms with Crippen molar-refractivity contribution in [3.63, 3.8) is 0 Å². The molecule has 0 saturated carbocycles. The molecule has 3 rings (SSSR count). The van der Waals surface area contributed by atoms with E-state index in [1.807, 2.05) is 0 Å². The van der Waals surface area contributed by atoms with Crippen molar-refractivity contribution in [3.05, 3.63) is 89.7 Å². The Bertz CT molecular complexity index is 892. The van der Waals surface area contributed by atoms with Crippen LogP contribution in [0.3, 0.4) is 0 Å². The van der Waals surface area contributed by atoms with Crippen molar-refractivity contribution in [1.82, 2.24) is 0 Å². The van der Waals surface area contributed by atoms with Crippen LogP contribution < -0.4 is 10.5 Å². The third kappa shape index (κ3) is 8.06. The number of nitrogens with two attached hydrogens (primary N) is 1.